The Balaban J connectivity index is 4.26. The first-order chi connectivity index (χ1) is 9.12. The predicted molar refractivity (Wildman–Crippen MR) is 81.2 cm³/mol. The zero-order chi connectivity index (χ0) is 15.8. The molecule has 0 heterocycles. The molecule has 0 aromatic carbocycles. The summed E-state index contributed by atoms with van der Waals surface area (Å²) in [7, 11) is 4.33. The lowest BCUT2D eigenvalue weighted by Gasteiger charge is -2.20. The van der Waals surface area contributed by atoms with E-state index in [4.69, 9.17) is 0 Å². The molecule has 0 saturated carbocycles. The number of hydrogen-bond donors (Lipinski definition) is 1. The van der Waals surface area contributed by atoms with Crippen LogP contribution in [0.3, 0.4) is 0 Å². The molecule has 7 nitrogen and oxygen atoms in total. The summed E-state index contributed by atoms with van der Waals surface area (Å²) < 4.78 is 24.5. The molecule has 0 aromatic rings. The van der Waals surface area contributed by atoms with Gasteiger partial charge in [-0.2, -0.15) is 4.31 Å². The van der Waals surface area contributed by atoms with Gasteiger partial charge in [0.05, 0.1) is 12.8 Å². The zero-order valence-corrected chi connectivity index (χ0v) is 14.0. The summed E-state index contributed by atoms with van der Waals surface area (Å²) in [6.45, 7) is 2.28. The van der Waals surface area contributed by atoms with Gasteiger partial charge in [-0.3, -0.25) is 4.79 Å². The molecule has 0 saturated heterocycles. The smallest absolute Gasteiger partial charge is 0.235 e. The van der Waals surface area contributed by atoms with E-state index in [1.807, 2.05) is 38.0 Å². The Bertz CT molecular complexity index is 382. The highest BCUT2D eigenvalue weighted by Gasteiger charge is 2.19. The van der Waals surface area contributed by atoms with Crippen LogP contribution in [0, 0.1) is 0 Å². The van der Waals surface area contributed by atoms with Crippen LogP contribution < -0.4 is 5.32 Å². The summed E-state index contributed by atoms with van der Waals surface area (Å²) in [6.07, 6.45) is 1.83. The number of carbonyl (C=O) groups is 1. The molecular formula is C12H28N4O3S. The molecule has 1 amide bonds. The third kappa shape index (κ3) is 10.1. The molecule has 0 aromatic heterocycles. The molecule has 0 rings (SSSR count). The standard InChI is InChI=1S/C12H28N4O3S/c1-14(2)8-6-9-16(20(5,18)19)11-12(17)13-7-10-15(3)4/h6-11H2,1-5H3,(H,13,17). The molecule has 0 unspecified atom stereocenters. The summed E-state index contributed by atoms with van der Waals surface area (Å²) in [4.78, 5) is 15.7. The van der Waals surface area contributed by atoms with Crippen LogP contribution in [0.2, 0.25) is 0 Å². The lowest BCUT2D eigenvalue weighted by Crippen LogP contribution is -2.42. The van der Waals surface area contributed by atoms with Crippen LogP contribution in [-0.4, -0.2) is 95.6 Å². The highest BCUT2D eigenvalue weighted by Crippen LogP contribution is 2.00. The zero-order valence-electron chi connectivity index (χ0n) is 13.2. The minimum absolute atomic E-state index is 0.111. The van der Waals surface area contributed by atoms with Crippen LogP contribution in [0.4, 0.5) is 0 Å². The van der Waals surface area contributed by atoms with Gasteiger partial charge in [0.2, 0.25) is 15.9 Å². The second kappa shape index (κ2) is 9.28. The number of likely N-dealkylation sites (N-methyl/N-ethyl adjacent to an activating group) is 1. The monoisotopic (exact) mass is 308 g/mol. The maximum absolute atomic E-state index is 11.7. The molecule has 0 aliphatic rings. The number of nitrogens with one attached hydrogen (secondary N) is 1. The largest absolute Gasteiger partial charge is 0.354 e. The number of nitrogens with zero attached hydrogens (tertiary/aromatic N) is 3. The summed E-state index contributed by atoms with van der Waals surface area (Å²) in [5.41, 5.74) is 0. The number of carbonyl (C=O) groups excluding carboxylic acids is 1. The molecule has 0 radical (unpaired) electrons. The first kappa shape index (κ1) is 19.3. The first-order valence-electron chi connectivity index (χ1n) is 6.64. The van der Waals surface area contributed by atoms with Crippen molar-refractivity contribution in [3.05, 3.63) is 0 Å². The van der Waals surface area contributed by atoms with Crippen molar-refractivity contribution in [3.8, 4) is 0 Å². The highest BCUT2D eigenvalue weighted by molar-refractivity contribution is 7.88. The average molecular weight is 308 g/mol. The third-order valence-electron chi connectivity index (χ3n) is 2.68. The molecule has 0 bridgehead atoms. The Morgan fingerprint density at radius 2 is 1.55 bits per heavy atom. The number of hydrogen-bond acceptors (Lipinski definition) is 5. The fourth-order valence-corrected chi connectivity index (χ4v) is 2.37. The van der Waals surface area contributed by atoms with Gasteiger partial charge in [-0.1, -0.05) is 0 Å². The van der Waals surface area contributed by atoms with Crippen molar-refractivity contribution in [1.29, 1.82) is 0 Å². The predicted octanol–water partition coefficient (Wildman–Crippen LogP) is -1.12. The van der Waals surface area contributed by atoms with Crippen molar-refractivity contribution in [1.82, 2.24) is 19.4 Å². The molecule has 0 atom stereocenters. The van der Waals surface area contributed by atoms with Crippen molar-refractivity contribution in [2.75, 3.05) is 67.2 Å². The van der Waals surface area contributed by atoms with Gasteiger partial charge >= 0.3 is 0 Å². The van der Waals surface area contributed by atoms with E-state index in [-0.39, 0.29) is 12.5 Å². The van der Waals surface area contributed by atoms with Crippen molar-refractivity contribution in [2.45, 2.75) is 6.42 Å². The molecule has 0 aliphatic heterocycles. The third-order valence-corrected chi connectivity index (χ3v) is 3.93. The summed E-state index contributed by atoms with van der Waals surface area (Å²) in [5.74, 6) is -0.262. The van der Waals surface area contributed by atoms with Gasteiger partial charge in [-0.05, 0) is 41.2 Å². The number of amides is 1. The van der Waals surface area contributed by atoms with Gasteiger partial charge in [0, 0.05) is 19.6 Å². The van der Waals surface area contributed by atoms with E-state index < -0.39 is 10.0 Å². The van der Waals surface area contributed by atoms with E-state index >= 15 is 0 Å². The minimum Gasteiger partial charge on any atom is -0.354 e. The van der Waals surface area contributed by atoms with Crippen LogP contribution >= 0.6 is 0 Å². The van der Waals surface area contributed by atoms with E-state index in [0.29, 0.717) is 19.5 Å². The normalized spacial score (nSPS) is 12.4. The lowest BCUT2D eigenvalue weighted by molar-refractivity contribution is -0.121. The molecule has 1 N–H and O–H groups in total. The maximum Gasteiger partial charge on any atom is 0.235 e. The quantitative estimate of drug-likeness (QED) is 0.553. The van der Waals surface area contributed by atoms with Gasteiger partial charge in [0.15, 0.2) is 0 Å². The Labute approximate surface area is 123 Å². The molecule has 0 spiro atoms. The van der Waals surface area contributed by atoms with Gasteiger partial charge < -0.3 is 15.1 Å². The van der Waals surface area contributed by atoms with E-state index in [0.717, 1.165) is 19.3 Å². The topological polar surface area (TPSA) is 73.0 Å². The van der Waals surface area contributed by atoms with E-state index in [1.54, 1.807) is 0 Å². The average Bonchev–Trinajstić information content (AvgIpc) is 2.25. The number of sulfonamides is 1. The Morgan fingerprint density at radius 3 is 2.00 bits per heavy atom. The SMILES string of the molecule is CN(C)CCCN(CC(=O)NCCN(C)C)S(C)(=O)=O. The minimum atomic E-state index is -3.36. The van der Waals surface area contributed by atoms with Gasteiger partial charge in [0.1, 0.15) is 0 Å². The van der Waals surface area contributed by atoms with Crippen LogP contribution in [0.15, 0.2) is 0 Å². The maximum atomic E-state index is 11.7. The van der Waals surface area contributed by atoms with Gasteiger partial charge in [-0.25, -0.2) is 8.42 Å². The van der Waals surface area contributed by atoms with Crippen LogP contribution in [0.1, 0.15) is 6.42 Å². The van der Waals surface area contributed by atoms with Crippen molar-refractivity contribution < 1.29 is 13.2 Å². The van der Waals surface area contributed by atoms with Crippen LogP contribution in [0.25, 0.3) is 0 Å². The number of rotatable bonds is 10. The second-order valence-corrected chi connectivity index (χ2v) is 7.39. The molecule has 120 valence electrons. The van der Waals surface area contributed by atoms with Gasteiger partial charge in [-0.15, -0.1) is 0 Å². The highest BCUT2D eigenvalue weighted by atomic mass is 32.2. The summed E-state index contributed by atoms with van der Waals surface area (Å²) in [6, 6.07) is 0. The van der Waals surface area contributed by atoms with E-state index in [1.165, 1.54) is 4.31 Å². The van der Waals surface area contributed by atoms with Crippen molar-refractivity contribution in [2.24, 2.45) is 0 Å². The molecule has 20 heavy (non-hydrogen) atoms. The molecular weight excluding hydrogens is 280 g/mol. The van der Waals surface area contributed by atoms with Crippen molar-refractivity contribution in [3.63, 3.8) is 0 Å². The van der Waals surface area contributed by atoms with Gasteiger partial charge in [0.25, 0.3) is 0 Å². The summed E-state index contributed by atoms with van der Waals surface area (Å²) >= 11 is 0. The second-order valence-electron chi connectivity index (χ2n) is 5.41. The molecule has 0 aliphatic carbocycles. The fourth-order valence-electron chi connectivity index (χ4n) is 1.56. The van der Waals surface area contributed by atoms with E-state index in [2.05, 4.69) is 5.32 Å². The summed E-state index contributed by atoms with van der Waals surface area (Å²) in [5, 5.41) is 2.72. The Morgan fingerprint density at radius 1 is 1.00 bits per heavy atom. The molecule has 8 heteroatoms. The Kier molecular flexibility index (Phi) is 8.95. The lowest BCUT2D eigenvalue weighted by atomic mass is 10.4. The fraction of sp³-hybridized carbons (Fsp3) is 0.917. The van der Waals surface area contributed by atoms with E-state index in [9.17, 15) is 13.2 Å². The van der Waals surface area contributed by atoms with Crippen LogP contribution in [0.5, 0.6) is 0 Å². The van der Waals surface area contributed by atoms with Crippen molar-refractivity contribution >= 4 is 15.9 Å². The first-order valence-corrected chi connectivity index (χ1v) is 8.49. The van der Waals surface area contributed by atoms with Crippen LogP contribution in [-0.2, 0) is 14.8 Å². The Hall–Kier alpha value is -0.700. The molecule has 0 fully saturated rings.